The summed E-state index contributed by atoms with van der Waals surface area (Å²) in [6, 6.07) is 8.83. The molecule has 0 heterocycles. The third-order valence-corrected chi connectivity index (χ3v) is 2.74. The Morgan fingerprint density at radius 1 is 1.08 bits per heavy atom. The first-order chi connectivity index (χ1) is 11.2. The van der Waals surface area contributed by atoms with E-state index in [1.54, 1.807) is 51.3 Å². The van der Waals surface area contributed by atoms with Crippen molar-refractivity contribution >= 4 is 29.0 Å². The number of benzene rings is 1. The van der Waals surface area contributed by atoms with E-state index in [0.717, 1.165) is 11.8 Å². The minimum Gasteiger partial charge on any atom is -0.427 e. The van der Waals surface area contributed by atoms with Gasteiger partial charge in [-0.3, -0.25) is 9.59 Å². The first-order valence-corrected chi connectivity index (χ1v) is 8.27. The van der Waals surface area contributed by atoms with Crippen molar-refractivity contribution in [3.05, 3.63) is 30.3 Å². The number of ether oxygens (including phenoxy) is 3. The van der Waals surface area contributed by atoms with Crippen LogP contribution in [0.5, 0.6) is 5.75 Å². The second-order valence-electron chi connectivity index (χ2n) is 5.39. The third kappa shape index (κ3) is 10.6. The number of carbonyl (C=O) groups excluding carboxylic acids is 3. The van der Waals surface area contributed by atoms with E-state index in [-0.39, 0.29) is 19.3 Å². The molecule has 7 nitrogen and oxygen atoms in total. The summed E-state index contributed by atoms with van der Waals surface area (Å²) in [6.07, 6.45) is 1.59. The molecule has 2 N–H and O–H groups in total. The summed E-state index contributed by atoms with van der Waals surface area (Å²) in [5, 5.41) is -0.457. The van der Waals surface area contributed by atoms with Gasteiger partial charge in [-0.2, -0.15) is 0 Å². The molecule has 24 heavy (non-hydrogen) atoms. The molecule has 0 spiro atoms. The molecule has 0 saturated carbocycles. The molecular formula is C16H23NO6S. The van der Waals surface area contributed by atoms with E-state index in [2.05, 4.69) is 9.47 Å². The van der Waals surface area contributed by atoms with Gasteiger partial charge in [0.25, 0.3) is 0 Å². The van der Waals surface area contributed by atoms with Gasteiger partial charge in [-0.1, -0.05) is 18.2 Å². The van der Waals surface area contributed by atoms with E-state index in [1.165, 1.54) is 0 Å². The number of rotatable bonds is 4. The van der Waals surface area contributed by atoms with Crippen LogP contribution in [0.15, 0.2) is 30.3 Å². The van der Waals surface area contributed by atoms with Gasteiger partial charge in [-0.05, 0) is 50.9 Å². The van der Waals surface area contributed by atoms with Crippen molar-refractivity contribution in [3.8, 4) is 5.75 Å². The molecule has 0 unspecified atom stereocenters. The molecule has 134 valence electrons. The van der Waals surface area contributed by atoms with Gasteiger partial charge in [-0.25, -0.2) is 4.79 Å². The Hall–Kier alpha value is -2.06. The first-order valence-electron chi connectivity index (χ1n) is 7.04. The highest BCUT2D eigenvalue weighted by Crippen LogP contribution is 2.15. The molecule has 0 fully saturated rings. The van der Waals surface area contributed by atoms with E-state index in [4.69, 9.17) is 10.5 Å². The lowest BCUT2D eigenvalue weighted by molar-refractivity contribution is -0.160. The highest BCUT2D eigenvalue weighted by molar-refractivity contribution is 8.12. The zero-order chi connectivity index (χ0) is 18.6. The average Bonchev–Trinajstić information content (AvgIpc) is 2.55. The maximum absolute atomic E-state index is 11.1. The molecular weight excluding hydrogens is 334 g/mol. The Morgan fingerprint density at radius 2 is 1.67 bits per heavy atom. The van der Waals surface area contributed by atoms with Crippen molar-refractivity contribution in [1.29, 1.82) is 0 Å². The molecule has 1 aromatic rings. The van der Waals surface area contributed by atoms with E-state index in [9.17, 15) is 14.4 Å². The normalized spacial score (nSPS) is 10.0. The summed E-state index contributed by atoms with van der Waals surface area (Å²) < 4.78 is 14.0. The molecule has 1 rings (SSSR count). The van der Waals surface area contributed by atoms with Crippen LogP contribution in [0.4, 0.5) is 4.79 Å². The number of thioether (sulfide) groups is 1. The lowest BCUT2D eigenvalue weighted by atomic mass is 9.98. The number of carbonyl (C=O) groups is 3. The van der Waals surface area contributed by atoms with Crippen molar-refractivity contribution in [2.45, 2.75) is 20.8 Å². The molecule has 0 aliphatic heterocycles. The molecule has 0 aliphatic rings. The summed E-state index contributed by atoms with van der Waals surface area (Å²) >= 11 is 0.932. The quantitative estimate of drug-likeness (QED) is 0.498. The van der Waals surface area contributed by atoms with Crippen LogP contribution in [0.1, 0.15) is 20.8 Å². The van der Waals surface area contributed by atoms with Crippen LogP contribution in [-0.2, 0) is 19.1 Å². The fourth-order valence-corrected chi connectivity index (χ4v) is 1.23. The topological polar surface area (TPSA) is 105 Å². The van der Waals surface area contributed by atoms with E-state index < -0.39 is 16.7 Å². The molecule has 8 heteroatoms. The summed E-state index contributed by atoms with van der Waals surface area (Å²) in [5.74, 6) is -0.277. The van der Waals surface area contributed by atoms with Crippen molar-refractivity contribution < 1.29 is 28.6 Å². The molecule has 0 radical (unpaired) electrons. The van der Waals surface area contributed by atoms with E-state index in [0.29, 0.717) is 5.75 Å². The van der Waals surface area contributed by atoms with E-state index >= 15 is 0 Å². The number of hydrogen-bond acceptors (Lipinski definition) is 8. The zero-order valence-corrected chi connectivity index (χ0v) is 15.1. The number of hydrogen-bond donors (Lipinski definition) is 1. The lowest BCUT2D eigenvalue weighted by Crippen LogP contribution is -2.24. The van der Waals surface area contributed by atoms with Crippen LogP contribution >= 0.6 is 11.8 Å². The smallest absolute Gasteiger partial charge is 0.369 e. The second-order valence-corrected chi connectivity index (χ2v) is 6.13. The predicted octanol–water partition coefficient (Wildman–Crippen LogP) is 2.58. The minimum atomic E-state index is -0.564. The zero-order valence-electron chi connectivity index (χ0n) is 14.2. The second kappa shape index (κ2) is 11.5. The Labute approximate surface area is 145 Å². The van der Waals surface area contributed by atoms with Crippen LogP contribution in [0, 0.1) is 5.41 Å². The van der Waals surface area contributed by atoms with Gasteiger partial charge in [-0.15, -0.1) is 0 Å². The Bertz CT molecular complexity index is 527. The molecule has 1 aromatic carbocycles. The van der Waals surface area contributed by atoms with Crippen LogP contribution in [0.2, 0.25) is 0 Å². The van der Waals surface area contributed by atoms with Crippen molar-refractivity contribution in [3.63, 3.8) is 0 Å². The minimum absolute atomic E-state index is 0.0884. The standard InChI is InChI=1S/C8H9NO2.C8H14O4S/c9-6-8(10)11-7-4-2-1-3-5-7;1-8(2,3)6(9)11-5-12-7(10)13-4/h1-5H,6,9H2;5H2,1-4H3. The van der Waals surface area contributed by atoms with Crippen LogP contribution in [0.25, 0.3) is 0 Å². The van der Waals surface area contributed by atoms with Gasteiger partial charge in [0.15, 0.2) is 0 Å². The summed E-state index contributed by atoms with van der Waals surface area (Å²) in [7, 11) is 0. The molecule has 0 bridgehead atoms. The Morgan fingerprint density at radius 3 is 2.12 bits per heavy atom. The maximum atomic E-state index is 11.1. The monoisotopic (exact) mass is 357 g/mol. The van der Waals surface area contributed by atoms with Gasteiger partial charge in [0.1, 0.15) is 5.75 Å². The highest BCUT2D eigenvalue weighted by Gasteiger charge is 2.23. The molecule has 0 aliphatic carbocycles. The van der Waals surface area contributed by atoms with Crippen molar-refractivity contribution in [2.24, 2.45) is 11.1 Å². The summed E-state index contributed by atoms with van der Waals surface area (Å²) in [4.78, 5) is 32.3. The average molecular weight is 357 g/mol. The van der Waals surface area contributed by atoms with E-state index in [1.807, 2.05) is 6.07 Å². The van der Waals surface area contributed by atoms with Gasteiger partial charge in [0.05, 0.1) is 12.0 Å². The highest BCUT2D eigenvalue weighted by atomic mass is 32.2. The molecule has 0 amide bonds. The van der Waals surface area contributed by atoms with Gasteiger partial charge in [0, 0.05) is 0 Å². The van der Waals surface area contributed by atoms with Crippen molar-refractivity contribution in [1.82, 2.24) is 0 Å². The third-order valence-electron chi connectivity index (χ3n) is 2.29. The summed E-state index contributed by atoms with van der Waals surface area (Å²) in [5.41, 5.74) is 4.48. The van der Waals surface area contributed by atoms with Gasteiger partial charge >= 0.3 is 17.2 Å². The first kappa shape index (κ1) is 21.9. The fraction of sp³-hybridized carbons (Fsp3) is 0.438. The summed E-state index contributed by atoms with van der Waals surface area (Å²) in [6.45, 7) is 4.79. The van der Waals surface area contributed by atoms with Gasteiger partial charge < -0.3 is 19.9 Å². The Kier molecular flexibility index (Phi) is 10.5. The predicted molar refractivity (Wildman–Crippen MR) is 91.5 cm³/mol. The number of para-hydroxylation sites is 1. The largest absolute Gasteiger partial charge is 0.427 e. The van der Waals surface area contributed by atoms with Crippen molar-refractivity contribution in [2.75, 3.05) is 19.6 Å². The number of esters is 2. The SMILES string of the molecule is CSC(=O)OCOC(=O)C(C)(C)C.NCC(=O)Oc1ccccc1. The Balaban J connectivity index is 0.000000446. The van der Waals surface area contributed by atoms with Gasteiger partial charge in [0.2, 0.25) is 6.79 Å². The fourth-order valence-electron chi connectivity index (χ4n) is 1.07. The number of nitrogens with two attached hydrogens (primary N) is 1. The van der Waals surface area contributed by atoms with Crippen LogP contribution < -0.4 is 10.5 Å². The van der Waals surface area contributed by atoms with Crippen LogP contribution in [0.3, 0.4) is 0 Å². The molecule has 0 saturated heterocycles. The maximum Gasteiger partial charge on any atom is 0.369 e. The molecule has 0 atom stereocenters. The van der Waals surface area contributed by atoms with Crippen LogP contribution in [-0.4, -0.2) is 36.8 Å². The molecule has 0 aromatic heterocycles. The lowest BCUT2D eigenvalue weighted by Gasteiger charge is -2.15.